The molecule has 0 aliphatic carbocycles. The van der Waals surface area contributed by atoms with Gasteiger partial charge in [0.25, 0.3) is 0 Å². The summed E-state index contributed by atoms with van der Waals surface area (Å²) in [6.45, 7) is -0.0454. The lowest BCUT2D eigenvalue weighted by molar-refractivity contribution is -0.141. The molecule has 112 valence electrons. The molecule has 1 aromatic heterocycles. The fraction of sp³-hybridized carbons (Fsp3) is 0.154. The van der Waals surface area contributed by atoms with Gasteiger partial charge >= 0.3 is 6.18 Å². The molecular weight excluding hydrogens is 311 g/mol. The van der Waals surface area contributed by atoms with Crippen LogP contribution in [-0.4, -0.2) is 4.98 Å². The van der Waals surface area contributed by atoms with Crippen molar-refractivity contribution >= 4 is 11.8 Å². The Morgan fingerprint density at radius 2 is 1.81 bits per heavy atom. The van der Waals surface area contributed by atoms with Crippen LogP contribution in [0.3, 0.4) is 0 Å². The van der Waals surface area contributed by atoms with Crippen LogP contribution in [0.5, 0.6) is 0 Å². The van der Waals surface area contributed by atoms with Gasteiger partial charge in [-0.1, -0.05) is 17.8 Å². The number of hydrogen-bond donors (Lipinski definition) is 1. The second-order valence-corrected chi connectivity index (χ2v) is 5.07. The van der Waals surface area contributed by atoms with Crippen LogP contribution < -0.4 is 5.73 Å². The molecule has 0 unspecified atom stereocenters. The van der Waals surface area contributed by atoms with Crippen LogP contribution in [0.4, 0.5) is 22.0 Å². The van der Waals surface area contributed by atoms with Crippen LogP contribution in [0.2, 0.25) is 0 Å². The number of pyridine rings is 1. The van der Waals surface area contributed by atoms with Crippen molar-refractivity contribution in [3.8, 4) is 0 Å². The van der Waals surface area contributed by atoms with Gasteiger partial charge in [0.1, 0.15) is 22.4 Å². The normalized spacial score (nSPS) is 11.7. The van der Waals surface area contributed by atoms with Gasteiger partial charge in [0, 0.05) is 17.5 Å². The van der Waals surface area contributed by atoms with Gasteiger partial charge in [0.15, 0.2) is 0 Å². The molecule has 0 radical (unpaired) electrons. The van der Waals surface area contributed by atoms with E-state index in [1.54, 1.807) is 0 Å². The molecule has 0 fully saturated rings. The number of alkyl halides is 3. The highest BCUT2D eigenvalue weighted by atomic mass is 32.2. The van der Waals surface area contributed by atoms with Gasteiger partial charge in [-0.3, -0.25) is 0 Å². The highest BCUT2D eigenvalue weighted by molar-refractivity contribution is 7.99. The summed E-state index contributed by atoms with van der Waals surface area (Å²) in [5.74, 6) is -1.64. The highest BCUT2D eigenvalue weighted by Gasteiger charge is 2.33. The van der Waals surface area contributed by atoms with E-state index in [9.17, 15) is 22.0 Å². The summed E-state index contributed by atoms with van der Waals surface area (Å²) < 4.78 is 64.3. The van der Waals surface area contributed by atoms with Crippen molar-refractivity contribution in [1.29, 1.82) is 0 Å². The van der Waals surface area contributed by atoms with Crippen molar-refractivity contribution in [2.45, 2.75) is 22.6 Å². The summed E-state index contributed by atoms with van der Waals surface area (Å²) in [5.41, 5.74) is 4.69. The van der Waals surface area contributed by atoms with E-state index in [-0.39, 0.29) is 16.5 Å². The molecule has 1 heterocycles. The molecule has 21 heavy (non-hydrogen) atoms. The zero-order valence-electron chi connectivity index (χ0n) is 10.4. The van der Waals surface area contributed by atoms with Crippen LogP contribution in [0.1, 0.15) is 11.3 Å². The Labute approximate surface area is 121 Å². The number of hydrogen-bond acceptors (Lipinski definition) is 3. The Bertz CT molecular complexity index is 657. The molecule has 1 aromatic carbocycles. The quantitative estimate of drug-likeness (QED) is 0.869. The lowest BCUT2D eigenvalue weighted by Gasteiger charge is -2.11. The fourth-order valence-electron chi connectivity index (χ4n) is 1.53. The second-order valence-electron chi connectivity index (χ2n) is 4.04. The predicted molar refractivity (Wildman–Crippen MR) is 67.6 cm³/mol. The Morgan fingerprint density at radius 1 is 1.10 bits per heavy atom. The Balaban J connectivity index is 2.42. The van der Waals surface area contributed by atoms with E-state index in [1.165, 1.54) is 6.07 Å². The highest BCUT2D eigenvalue weighted by Crippen LogP contribution is 2.34. The molecular formula is C13H9F5N2S. The number of halogens is 5. The summed E-state index contributed by atoms with van der Waals surface area (Å²) in [4.78, 5) is 3.44. The third-order valence-corrected chi connectivity index (χ3v) is 3.65. The first-order chi connectivity index (χ1) is 9.81. The zero-order chi connectivity index (χ0) is 15.6. The van der Waals surface area contributed by atoms with Crippen LogP contribution in [0.25, 0.3) is 0 Å². The van der Waals surface area contributed by atoms with Crippen LogP contribution in [0.15, 0.2) is 40.3 Å². The van der Waals surface area contributed by atoms with Gasteiger partial charge in [0.05, 0.1) is 0 Å². The first-order valence-electron chi connectivity index (χ1n) is 5.71. The minimum Gasteiger partial charge on any atom is -0.326 e. The van der Waals surface area contributed by atoms with Crippen LogP contribution in [-0.2, 0) is 12.7 Å². The van der Waals surface area contributed by atoms with Gasteiger partial charge in [-0.05, 0) is 23.8 Å². The number of benzene rings is 1. The van der Waals surface area contributed by atoms with E-state index in [1.807, 2.05) is 0 Å². The maximum absolute atomic E-state index is 13.6. The summed E-state index contributed by atoms with van der Waals surface area (Å²) in [5, 5.41) is -0.0576. The van der Waals surface area contributed by atoms with Crippen molar-refractivity contribution in [3.63, 3.8) is 0 Å². The topological polar surface area (TPSA) is 38.9 Å². The lowest BCUT2D eigenvalue weighted by atomic mass is 10.2. The van der Waals surface area contributed by atoms with Gasteiger partial charge in [-0.25, -0.2) is 13.8 Å². The zero-order valence-corrected chi connectivity index (χ0v) is 11.2. The molecule has 0 aliphatic rings. The molecule has 2 aromatic rings. The average Bonchev–Trinajstić information content (AvgIpc) is 2.41. The first-order valence-corrected chi connectivity index (χ1v) is 6.53. The fourth-order valence-corrected chi connectivity index (χ4v) is 2.46. The Morgan fingerprint density at radius 3 is 2.38 bits per heavy atom. The molecule has 2 rings (SSSR count). The van der Waals surface area contributed by atoms with Crippen LogP contribution >= 0.6 is 11.8 Å². The van der Waals surface area contributed by atoms with E-state index in [4.69, 9.17) is 5.73 Å². The molecule has 2 N–H and O–H groups in total. The molecule has 0 atom stereocenters. The second kappa shape index (κ2) is 5.98. The first kappa shape index (κ1) is 15.7. The largest absolute Gasteiger partial charge is 0.433 e. The maximum atomic E-state index is 13.6. The average molecular weight is 320 g/mol. The van der Waals surface area contributed by atoms with E-state index >= 15 is 0 Å². The summed E-state index contributed by atoms with van der Waals surface area (Å²) in [6, 6.07) is 4.81. The van der Waals surface area contributed by atoms with E-state index < -0.39 is 23.5 Å². The smallest absolute Gasteiger partial charge is 0.326 e. The lowest BCUT2D eigenvalue weighted by Crippen LogP contribution is -2.10. The third-order valence-electron chi connectivity index (χ3n) is 2.55. The minimum absolute atomic E-state index is 0.0297. The van der Waals surface area contributed by atoms with Crippen molar-refractivity contribution < 1.29 is 22.0 Å². The van der Waals surface area contributed by atoms with E-state index in [2.05, 4.69) is 4.98 Å². The molecule has 8 heteroatoms. The van der Waals surface area contributed by atoms with Crippen LogP contribution in [0, 0.1) is 11.6 Å². The van der Waals surface area contributed by atoms with Crippen molar-refractivity contribution in [3.05, 3.63) is 53.2 Å². The van der Waals surface area contributed by atoms with Gasteiger partial charge in [-0.2, -0.15) is 13.2 Å². The van der Waals surface area contributed by atoms with Gasteiger partial charge in [0.2, 0.25) is 0 Å². The molecule has 2 nitrogen and oxygen atoms in total. The molecule has 0 aliphatic heterocycles. The Kier molecular flexibility index (Phi) is 4.48. The van der Waals surface area contributed by atoms with E-state index in [0.29, 0.717) is 23.4 Å². The number of nitrogens with two attached hydrogens (primary N) is 1. The molecule has 0 spiro atoms. The Hall–Kier alpha value is -1.67. The summed E-state index contributed by atoms with van der Waals surface area (Å²) in [6.07, 6.45) is -4.61. The number of nitrogens with zero attached hydrogens (tertiary/aromatic N) is 1. The standard InChI is InChI=1S/C13H9F5N2S/c14-8-2-3-10(9(15)5-8)21-12-7(6-19)1-4-11(20-12)13(16,17)18/h1-5H,6,19H2. The molecule has 0 amide bonds. The maximum Gasteiger partial charge on any atom is 0.433 e. The van der Waals surface area contributed by atoms with E-state index in [0.717, 1.165) is 18.2 Å². The van der Waals surface area contributed by atoms with Crippen molar-refractivity contribution in [1.82, 2.24) is 4.98 Å². The monoisotopic (exact) mass is 320 g/mol. The van der Waals surface area contributed by atoms with Gasteiger partial charge in [-0.15, -0.1) is 0 Å². The summed E-state index contributed by atoms with van der Waals surface area (Å²) in [7, 11) is 0. The number of aromatic nitrogens is 1. The minimum atomic E-state index is -4.61. The number of rotatable bonds is 3. The van der Waals surface area contributed by atoms with Gasteiger partial charge < -0.3 is 5.73 Å². The molecule has 0 saturated carbocycles. The van der Waals surface area contributed by atoms with Crippen molar-refractivity contribution in [2.75, 3.05) is 0 Å². The SMILES string of the molecule is NCc1ccc(C(F)(F)F)nc1Sc1ccc(F)cc1F. The third kappa shape index (κ3) is 3.70. The molecule has 0 bridgehead atoms. The predicted octanol–water partition coefficient (Wildman–Crippen LogP) is 3.99. The molecule has 0 saturated heterocycles. The van der Waals surface area contributed by atoms with Crippen molar-refractivity contribution in [2.24, 2.45) is 5.73 Å². The summed E-state index contributed by atoms with van der Waals surface area (Å²) >= 11 is 0.672.